The monoisotopic (exact) mass is 241 g/mol. The zero-order valence-corrected chi connectivity index (χ0v) is 10.6. The normalized spacial score (nSPS) is 7.88. The minimum Gasteiger partial charge on any atom is -0.468 e. The molecule has 1 aromatic heterocycles. The van der Waals surface area contributed by atoms with Gasteiger partial charge in [-0.3, -0.25) is 10.2 Å². The van der Waals surface area contributed by atoms with Gasteiger partial charge in [-0.1, -0.05) is 13.3 Å². The van der Waals surface area contributed by atoms with E-state index in [2.05, 4.69) is 16.6 Å². The van der Waals surface area contributed by atoms with E-state index in [-0.39, 0.29) is 0 Å². The van der Waals surface area contributed by atoms with Crippen LogP contribution in [0.1, 0.15) is 33.1 Å². The van der Waals surface area contributed by atoms with Crippen molar-refractivity contribution in [2.75, 3.05) is 6.61 Å². The Bertz CT molecular complexity index is 231. The lowest BCUT2D eigenvalue weighted by Gasteiger charge is -1.90. The highest BCUT2D eigenvalue weighted by Gasteiger charge is 1.83. The van der Waals surface area contributed by atoms with Gasteiger partial charge in [-0.05, 0) is 25.5 Å². The Labute approximate surface area is 103 Å². The first-order valence-corrected chi connectivity index (χ1v) is 5.64. The number of ether oxygens (including phenoxy) is 1. The molecule has 1 rings (SSSR count). The first kappa shape index (κ1) is 17.6. The van der Waals surface area contributed by atoms with Crippen LogP contribution in [0.25, 0.3) is 0 Å². The van der Waals surface area contributed by atoms with Gasteiger partial charge >= 0.3 is 0 Å². The lowest BCUT2D eigenvalue weighted by molar-refractivity contribution is -0.128. The van der Waals surface area contributed by atoms with Crippen molar-refractivity contribution in [2.45, 2.75) is 33.1 Å². The molecule has 1 heterocycles. The number of unbranched alkanes of at least 4 members (excludes halogenated alkanes) is 1. The number of aromatic amines is 1. The summed E-state index contributed by atoms with van der Waals surface area (Å²) < 4.78 is 4.15. The summed E-state index contributed by atoms with van der Waals surface area (Å²) in [5.74, 6) is 0.307. The van der Waals surface area contributed by atoms with Crippen LogP contribution >= 0.6 is 0 Å². The van der Waals surface area contributed by atoms with Gasteiger partial charge in [-0.25, -0.2) is 0 Å². The molecule has 0 aliphatic rings. The van der Waals surface area contributed by atoms with Crippen LogP contribution in [0.5, 0.6) is 0 Å². The zero-order valence-electron chi connectivity index (χ0n) is 10.6. The van der Waals surface area contributed by atoms with Crippen molar-refractivity contribution >= 4 is 12.3 Å². The quantitative estimate of drug-likeness (QED) is 0.419. The molecule has 4 N–H and O–H groups in total. The van der Waals surface area contributed by atoms with Crippen molar-refractivity contribution < 1.29 is 9.53 Å². The van der Waals surface area contributed by atoms with Crippen LogP contribution in [0.2, 0.25) is 0 Å². The summed E-state index contributed by atoms with van der Waals surface area (Å²) >= 11 is 0. The summed E-state index contributed by atoms with van der Waals surface area (Å²) in [5, 5.41) is 6.78. The van der Waals surface area contributed by atoms with Crippen LogP contribution in [-0.2, 0) is 9.53 Å². The molecule has 98 valence electrons. The van der Waals surface area contributed by atoms with Gasteiger partial charge in [0.1, 0.15) is 0 Å². The first-order chi connectivity index (χ1) is 8.18. The predicted octanol–water partition coefficient (Wildman–Crippen LogP) is 2.31. The molecule has 0 saturated heterocycles. The van der Waals surface area contributed by atoms with E-state index in [9.17, 15) is 4.79 Å². The fourth-order valence-corrected chi connectivity index (χ4v) is 0.713. The summed E-state index contributed by atoms with van der Waals surface area (Å²) in [6.45, 7) is 4.75. The number of carbonyl (C=O) groups is 1. The largest absolute Gasteiger partial charge is 0.468 e. The Morgan fingerprint density at radius 1 is 1.41 bits per heavy atom. The van der Waals surface area contributed by atoms with E-state index >= 15 is 0 Å². The van der Waals surface area contributed by atoms with Gasteiger partial charge in [0.25, 0.3) is 6.47 Å². The number of aromatic nitrogens is 1. The number of carbonyl (C=O) groups excluding carboxylic acids is 1. The molecular formula is C12H23N3O2. The molecule has 0 amide bonds. The van der Waals surface area contributed by atoms with Gasteiger partial charge in [0.15, 0.2) is 0 Å². The maximum absolute atomic E-state index is 9.18. The molecule has 0 bridgehead atoms. The van der Waals surface area contributed by atoms with Gasteiger partial charge in [0, 0.05) is 18.8 Å². The van der Waals surface area contributed by atoms with E-state index in [1.165, 1.54) is 0 Å². The topological polar surface area (TPSA) is 92.0 Å². The van der Waals surface area contributed by atoms with Crippen LogP contribution in [0, 0.1) is 5.41 Å². The lowest BCUT2D eigenvalue weighted by atomic mass is 10.2. The maximum Gasteiger partial charge on any atom is 0.293 e. The van der Waals surface area contributed by atoms with Crippen LogP contribution in [0.15, 0.2) is 24.5 Å². The highest BCUT2D eigenvalue weighted by molar-refractivity contribution is 5.76. The minimum absolute atomic E-state index is 0.307. The molecular weight excluding hydrogens is 218 g/mol. The van der Waals surface area contributed by atoms with Crippen LogP contribution in [0.3, 0.4) is 0 Å². The lowest BCUT2D eigenvalue weighted by Crippen LogP contribution is -2.07. The molecule has 0 atom stereocenters. The highest BCUT2D eigenvalue weighted by atomic mass is 16.5. The third-order valence-corrected chi connectivity index (χ3v) is 1.53. The molecule has 0 aliphatic heterocycles. The van der Waals surface area contributed by atoms with Crippen molar-refractivity contribution in [2.24, 2.45) is 5.73 Å². The molecule has 17 heavy (non-hydrogen) atoms. The first-order valence-electron chi connectivity index (χ1n) is 5.64. The molecule has 0 fully saturated rings. The number of rotatable bonds is 5. The Morgan fingerprint density at radius 3 is 2.12 bits per heavy atom. The van der Waals surface area contributed by atoms with Gasteiger partial charge in [-0.15, -0.1) is 0 Å². The maximum atomic E-state index is 9.18. The Morgan fingerprint density at radius 2 is 2.00 bits per heavy atom. The number of amidine groups is 1. The van der Waals surface area contributed by atoms with Gasteiger partial charge in [0.05, 0.1) is 12.4 Å². The number of nitrogens with one attached hydrogen (secondary N) is 2. The number of hydrogen-bond donors (Lipinski definition) is 3. The number of hydrogen-bond acceptors (Lipinski definition) is 3. The van der Waals surface area contributed by atoms with Crippen LogP contribution < -0.4 is 5.73 Å². The SMILES string of the molecule is CCCCC(=N)N.CCOC=O.c1cc[nH]c1. The number of nitrogens with two attached hydrogens (primary N) is 1. The summed E-state index contributed by atoms with van der Waals surface area (Å²) in [6, 6.07) is 3.89. The van der Waals surface area contributed by atoms with Gasteiger partial charge in [-0.2, -0.15) is 0 Å². The standard InChI is InChI=1S/C5H12N2.C4H5N.C3H6O2/c1-2-3-4-5(6)7;1-2-4-5-3-1;1-2-5-3-4/h2-4H2,1H3,(H3,6,7);1-5H;3H,2H2,1H3. The summed E-state index contributed by atoms with van der Waals surface area (Å²) in [5.41, 5.74) is 5.06. The third-order valence-electron chi connectivity index (χ3n) is 1.53. The second kappa shape index (κ2) is 16.6. The van der Waals surface area contributed by atoms with E-state index in [0.29, 0.717) is 18.9 Å². The Kier molecular flexibility index (Phi) is 17.2. The summed E-state index contributed by atoms with van der Waals surface area (Å²) in [6.07, 6.45) is 6.69. The van der Waals surface area contributed by atoms with Crippen molar-refractivity contribution in [1.29, 1.82) is 5.41 Å². The molecule has 0 unspecified atom stereocenters. The second-order valence-electron chi connectivity index (χ2n) is 3.07. The molecule has 0 spiro atoms. The van der Waals surface area contributed by atoms with E-state index < -0.39 is 0 Å². The minimum atomic E-state index is 0.307. The third kappa shape index (κ3) is 25.0. The van der Waals surface area contributed by atoms with Crippen molar-refractivity contribution in [3.63, 3.8) is 0 Å². The molecule has 5 heteroatoms. The van der Waals surface area contributed by atoms with Gasteiger partial charge in [0.2, 0.25) is 0 Å². The molecule has 1 aromatic rings. The molecule has 0 radical (unpaired) electrons. The Hall–Kier alpha value is -1.78. The van der Waals surface area contributed by atoms with Crippen LogP contribution in [-0.4, -0.2) is 23.9 Å². The fraction of sp³-hybridized carbons (Fsp3) is 0.500. The van der Waals surface area contributed by atoms with E-state index in [4.69, 9.17) is 11.1 Å². The Balaban J connectivity index is 0. The molecule has 5 nitrogen and oxygen atoms in total. The average Bonchev–Trinajstić information content (AvgIpc) is 2.87. The predicted molar refractivity (Wildman–Crippen MR) is 69.9 cm³/mol. The fourth-order valence-electron chi connectivity index (χ4n) is 0.713. The highest BCUT2D eigenvalue weighted by Crippen LogP contribution is 1.90. The summed E-state index contributed by atoms with van der Waals surface area (Å²) in [4.78, 5) is 12.0. The number of H-pyrrole nitrogens is 1. The zero-order chi connectivity index (χ0) is 13.4. The van der Waals surface area contributed by atoms with Crippen molar-refractivity contribution in [3.8, 4) is 0 Å². The van der Waals surface area contributed by atoms with E-state index in [1.54, 1.807) is 6.92 Å². The molecule has 0 aromatic carbocycles. The van der Waals surface area contributed by atoms with E-state index in [1.807, 2.05) is 24.5 Å². The molecule has 0 aliphatic carbocycles. The smallest absolute Gasteiger partial charge is 0.293 e. The van der Waals surface area contributed by atoms with E-state index in [0.717, 1.165) is 19.3 Å². The average molecular weight is 241 g/mol. The summed E-state index contributed by atoms with van der Waals surface area (Å²) in [7, 11) is 0. The van der Waals surface area contributed by atoms with Crippen LogP contribution in [0.4, 0.5) is 0 Å². The molecule has 0 saturated carbocycles. The van der Waals surface area contributed by atoms with Crippen molar-refractivity contribution in [3.05, 3.63) is 24.5 Å². The van der Waals surface area contributed by atoms with Gasteiger partial charge < -0.3 is 15.5 Å². The second-order valence-corrected chi connectivity index (χ2v) is 3.07. The van der Waals surface area contributed by atoms with Crippen molar-refractivity contribution in [1.82, 2.24) is 4.98 Å².